The van der Waals surface area contributed by atoms with Crippen molar-refractivity contribution >= 4 is 11.3 Å². The van der Waals surface area contributed by atoms with Crippen molar-refractivity contribution in [1.82, 2.24) is 0 Å². The maximum Gasteiger partial charge on any atom is 0.0505 e. The topological polar surface area (TPSA) is 46.2 Å². The first kappa shape index (κ1) is 8.23. The van der Waals surface area contributed by atoms with Gasteiger partial charge < -0.3 is 10.8 Å². The molecule has 0 aliphatic heterocycles. The van der Waals surface area contributed by atoms with Crippen molar-refractivity contribution in [3.05, 3.63) is 22.4 Å². The van der Waals surface area contributed by atoms with E-state index in [2.05, 4.69) is 17.5 Å². The van der Waals surface area contributed by atoms with Crippen LogP contribution in [0.25, 0.3) is 0 Å². The van der Waals surface area contributed by atoms with Gasteiger partial charge in [0.25, 0.3) is 0 Å². The van der Waals surface area contributed by atoms with E-state index in [-0.39, 0.29) is 12.0 Å². The predicted octanol–water partition coefficient (Wildman–Crippen LogP) is 1.17. The molecule has 1 saturated carbocycles. The number of hydrogen-bond acceptors (Lipinski definition) is 3. The average molecular weight is 183 g/mol. The molecule has 1 aliphatic rings. The van der Waals surface area contributed by atoms with E-state index in [4.69, 9.17) is 10.8 Å². The van der Waals surface area contributed by atoms with Crippen molar-refractivity contribution in [2.45, 2.75) is 12.3 Å². The zero-order valence-corrected chi connectivity index (χ0v) is 7.68. The maximum atomic E-state index is 9.15. The Labute approximate surface area is 76.0 Å². The van der Waals surface area contributed by atoms with Crippen LogP contribution in [0.3, 0.4) is 0 Å². The van der Waals surface area contributed by atoms with Crippen LogP contribution < -0.4 is 5.73 Å². The molecule has 0 radical (unpaired) electrons. The molecular weight excluding hydrogens is 170 g/mol. The molecule has 1 heterocycles. The Bertz CT molecular complexity index is 254. The fourth-order valence-electron chi connectivity index (χ4n) is 1.70. The van der Waals surface area contributed by atoms with Crippen LogP contribution in [0.4, 0.5) is 0 Å². The fourth-order valence-corrected chi connectivity index (χ4v) is 2.67. The largest absolute Gasteiger partial charge is 0.396 e. The molecular formula is C9H13NOS. The van der Waals surface area contributed by atoms with Gasteiger partial charge in [-0.15, -0.1) is 11.3 Å². The molecule has 2 nitrogen and oxygen atoms in total. The molecule has 66 valence electrons. The summed E-state index contributed by atoms with van der Waals surface area (Å²) in [5, 5.41) is 11.2. The van der Waals surface area contributed by atoms with Gasteiger partial charge in [-0.2, -0.15) is 0 Å². The molecule has 3 heteroatoms. The van der Waals surface area contributed by atoms with Gasteiger partial charge in [-0.05, 0) is 17.9 Å². The average Bonchev–Trinajstić information content (AvgIpc) is 2.59. The van der Waals surface area contributed by atoms with Crippen LogP contribution in [-0.2, 0) is 0 Å². The van der Waals surface area contributed by atoms with Gasteiger partial charge in [-0.3, -0.25) is 0 Å². The minimum absolute atomic E-state index is 0.0187. The van der Waals surface area contributed by atoms with Crippen LogP contribution in [0.1, 0.15) is 17.2 Å². The Balaban J connectivity index is 2.12. The molecule has 3 N–H and O–H groups in total. The molecule has 1 aliphatic carbocycles. The molecule has 1 fully saturated rings. The molecule has 0 aromatic carbocycles. The van der Waals surface area contributed by atoms with Gasteiger partial charge in [0.15, 0.2) is 0 Å². The summed E-state index contributed by atoms with van der Waals surface area (Å²) in [4.78, 5) is 1.37. The van der Waals surface area contributed by atoms with Crippen LogP contribution in [-0.4, -0.2) is 18.3 Å². The minimum Gasteiger partial charge on any atom is -0.396 e. The molecule has 0 unspecified atom stereocenters. The lowest BCUT2D eigenvalue weighted by Crippen LogP contribution is -2.21. The van der Waals surface area contributed by atoms with Crippen molar-refractivity contribution < 1.29 is 5.11 Å². The van der Waals surface area contributed by atoms with Gasteiger partial charge in [-0.1, -0.05) is 6.07 Å². The standard InChI is InChI=1S/C9H13NOS/c10-5-9(6-11)4-7(9)8-2-1-3-12-8/h1-3,7,11H,4-6,10H2/t7-,9+/m1/s1. The van der Waals surface area contributed by atoms with E-state index >= 15 is 0 Å². The first-order valence-corrected chi connectivity index (χ1v) is 5.05. The highest BCUT2D eigenvalue weighted by atomic mass is 32.1. The summed E-state index contributed by atoms with van der Waals surface area (Å²) >= 11 is 1.76. The van der Waals surface area contributed by atoms with Crippen molar-refractivity contribution in [2.75, 3.05) is 13.2 Å². The third-order valence-corrected chi connectivity index (χ3v) is 3.78. The molecule has 2 atom stereocenters. The highest BCUT2D eigenvalue weighted by molar-refractivity contribution is 7.10. The van der Waals surface area contributed by atoms with E-state index in [1.165, 1.54) is 4.88 Å². The van der Waals surface area contributed by atoms with E-state index < -0.39 is 0 Å². The minimum atomic E-state index is 0.0187. The Morgan fingerprint density at radius 1 is 1.75 bits per heavy atom. The number of rotatable bonds is 3. The highest BCUT2D eigenvalue weighted by Crippen LogP contribution is 2.59. The van der Waals surface area contributed by atoms with E-state index in [0.29, 0.717) is 12.5 Å². The lowest BCUT2D eigenvalue weighted by Gasteiger charge is -2.09. The lowest BCUT2D eigenvalue weighted by atomic mass is 10.1. The maximum absolute atomic E-state index is 9.15. The predicted molar refractivity (Wildman–Crippen MR) is 50.3 cm³/mol. The zero-order valence-electron chi connectivity index (χ0n) is 6.86. The van der Waals surface area contributed by atoms with Crippen molar-refractivity contribution in [3.8, 4) is 0 Å². The monoisotopic (exact) mass is 183 g/mol. The Kier molecular flexibility index (Phi) is 1.94. The number of aliphatic hydroxyl groups excluding tert-OH is 1. The molecule has 12 heavy (non-hydrogen) atoms. The first-order valence-electron chi connectivity index (χ1n) is 4.17. The molecule has 2 rings (SSSR count). The zero-order chi connectivity index (χ0) is 8.60. The van der Waals surface area contributed by atoms with Gasteiger partial charge in [-0.25, -0.2) is 0 Å². The van der Waals surface area contributed by atoms with Crippen molar-refractivity contribution in [3.63, 3.8) is 0 Å². The summed E-state index contributed by atoms with van der Waals surface area (Å²) in [6.07, 6.45) is 1.06. The van der Waals surface area contributed by atoms with Crippen LogP contribution in [0.5, 0.6) is 0 Å². The third kappa shape index (κ3) is 1.09. The molecule has 0 amide bonds. The summed E-state index contributed by atoms with van der Waals surface area (Å²) in [6, 6.07) is 4.18. The summed E-state index contributed by atoms with van der Waals surface area (Å²) in [5.41, 5.74) is 5.64. The van der Waals surface area contributed by atoms with Crippen LogP contribution in [0.2, 0.25) is 0 Å². The van der Waals surface area contributed by atoms with Crippen molar-refractivity contribution in [1.29, 1.82) is 0 Å². The number of thiophene rings is 1. The second-order valence-corrected chi connectivity index (χ2v) is 4.48. The van der Waals surface area contributed by atoms with Gasteiger partial charge in [0.1, 0.15) is 0 Å². The summed E-state index contributed by atoms with van der Waals surface area (Å²) in [6.45, 7) is 0.831. The summed E-state index contributed by atoms with van der Waals surface area (Å²) in [7, 11) is 0. The van der Waals surface area contributed by atoms with E-state index in [0.717, 1.165) is 6.42 Å². The third-order valence-electron chi connectivity index (χ3n) is 2.80. The Morgan fingerprint density at radius 2 is 2.58 bits per heavy atom. The van der Waals surface area contributed by atoms with Crippen LogP contribution in [0, 0.1) is 5.41 Å². The van der Waals surface area contributed by atoms with Gasteiger partial charge >= 0.3 is 0 Å². The highest BCUT2D eigenvalue weighted by Gasteiger charge is 2.53. The quantitative estimate of drug-likeness (QED) is 0.739. The van der Waals surface area contributed by atoms with Gasteiger partial charge in [0.05, 0.1) is 6.61 Å². The smallest absolute Gasteiger partial charge is 0.0505 e. The van der Waals surface area contributed by atoms with Gasteiger partial charge in [0, 0.05) is 22.8 Å². The molecule has 0 bridgehead atoms. The van der Waals surface area contributed by atoms with Crippen LogP contribution >= 0.6 is 11.3 Å². The normalized spacial score (nSPS) is 33.7. The molecule has 1 aromatic heterocycles. The van der Waals surface area contributed by atoms with Crippen LogP contribution in [0.15, 0.2) is 17.5 Å². The van der Waals surface area contributed by atoms with E-state index in [1.54, 1.807) is 11.3 Å². The SMILES string of the molecule is NC[C@]1(CO)C[C@@H]1c1cccs1. The first-order chi connectivity index (χ1) is 5.82. The number of nitrogens with two attached hydrogens (primary N) is 1. The second kappa shape index (κ2) is 2.83. The summed E-state index contributed by atoms with van der Waals surface area (Å²) in [5.74, 6) is 0.521. The molecule has 0 spiro atoms. The van der Waals surface area contributed by atoms with Gasteiger partial charge in [0.2, 0.25) is 0 Å². The second-order valence-electron chi connectivity index (χ2n) is 3.50. The van der Waals surface area contributed by atoms with Crippen molar-refractivity contribution in [2.24, 2.45) is 11.1 Å². The number of hydrogen-bond donors (Lipinski definition) is 2. The lowest BCUT2D eigenvalue weighted by molar-refractivity contribution is 0.212. The fraction of sp³-hybridized carbons (Fsp3) is 0.556. The molecule has 0 saturated heterocycles. The van der Waals surface area contributed by atoms with E-state index in [9.17, 15) is 0 Å². The Hall–Kier alpha value is -0.380. The molecule has 1 aromatic rings. The van der Waals surface area contributed by atoms with E-state index in [1.807, 2.05) is 0 Å². The number of aliphatic hydroxyl groups is 1. The Morgan fingerprint density at radius 3 is 3.00 bits per heavy atom. The summed E-state index contributed by atoms with van der Waals surface area (Å²) < 4.78 is 0.